The average Bonchev–Trinajstić information content (AvgIpc) is 3.62. The van der Waals surface area contributed by atoms with E-state index >= 15 is 0 Å². The molecule has 2 aromatic heterocycles. The maximum Gasteiger partial charge on any atom is 0.349 e. The molecule has 0 radical (unpaired) electrons. The Morgan fingerprint density at radius 2 is 1.71 bits per heavy atom. The van der Waals surface area contributed by atoms with Crippen molar-refractivity contribution in [3.05, 3.63) is 74.6 Å². The predicted molar refractivity (Wildman–Crippen MR) is 136 cm³/mol. The number of hydrogen-bond donors (Lipinski definition) is 2. The lowest BCUT2D eigenvalue weighted by Crippen LogP contribution is -2.65. The van der Waals surface area contributed by atoms with Gasteiger partial charge in [-0.3, -0.25) is 0 Å². The molecule has 1 atom stereocenters. The first kappa shape index (κ1) is 24.5. The molecule has 186 valence electrons. The van der Waals surface area contributed by atoms with E-state index in [9.17, 15) is 15.0 Å². The van der Waals surface area contributed by atoms with Crippen molar-refractivity contribution in [1.29, 1.82) is 0 Å². The highest BCUT2D eigenvalue weighted by Gasteiger charge is 2.51. The number of ether oxygens (including phenoxy) is 2. The van der Waals surface area contributed by atoms with E-state index in [1.807, 2.05) is 47.2 Å². The lowest BCUT2D eigenvalue weighted by atomic mass is 9.83. The van der Waals surface area contributed by atoms with E-state index in [2.05, 4.69) is 0 Å². The third-order valence-corrected chi connectivity index (χ3v) is 9.49. The zero-order chi connectivity index (χ0) is 24.3. The van der Waals surface area contributed by atoms with Crippen LogP contribution < -0.4 is 4.74 Å². The highest BCUT2D eigenvalue weighted by Crippen LogP contribution is 2.40. The number of para-hydroxylation sites is 1. The minimum Gasteiger partial charge on any atom is -0.493 e. The summed E-state index contributed by atoms with van der Waals surface area (Å²) in [6.07, 6.45) is 2.76. The Morgan fingerprint density at radius 3 is 2.34 bits per heavy atom. The minimum absolute atomic E-state index is 0.0338. The first-order chi connectivity index (χ1) is 17.0. The largest absolute Gasteiger partial charge is 0.493 e. The Bertz CT molecular complexity index is 1070. The molecule has 1 aromatic carbocycles. The molecule has 2 N–H and O–H groups in total. The van der Waals surface area contributed by atoms with Crippen molar-refractivity contribution < 1.29 is 29.0 Å². The molecule has 0 spiro atoms. The molecule has 35 heavy (non-hydrogen) atoms. The second-order valence-electron chi connectivity index (χ2n) is 9.61. The van der Waals surface area contributed by atoms with Gasteiger partial charge in [-0.05, 0) is 29.0 Å². The summed E-state index contributed by atoms with van der Waals surface area (Å²) < 4.78 is 13.0. The Morgan fingerprint density at radius 1 is 1.03 bits per heavy atom. The summed E-state index contributed by atoms with van der Waals surface area (Å²) >= 11 is 2.74. The van der Waals surface area contributed by atoms with E-state index < -0.39 is 11.6 Å². The van der Waals surface area contributed by atoms with Crippen LogP contribution in [0.25, 0.3) is 0 Å². The van der Waals surface area contributed by atoms with Crippen molar-refractivity contribution in [1.82, 2.24) is 0 Å². The molecule has 5 heterocycles. The number of nitrogens with zero attached hydrogens (tertiary/aromatic N) is 1. The van der Waals surface area contributed by atoms with E-state index in [1.165, 1.54) is 22.7 Å². The van der Waals surface area contributed by atoms with Crippen molar-refractivity contribution in [2.24, 2.45) is 5.92 Å². The lowest BCUT2D eigenvalue weighted by molar-refractivity contribution is -0.946. The maximum atomic E-state index is 13.5. The summed E-state index contributed by atoms with van der Waals surface area (Å²) in [6.45, 7) is 4.48. The quantitative estimate of drug-likeness (QED) is 0.241. The van der Waals surface area contributed by atoms with Gasteiger partial charge < -0.3 is 24.2 Å². The highest BCUT2D eigenvalue weighted by atomic mass is 32.1. The van der Waals surface area contributed by atoms with Gasteiger partial charge in [0, 0.05) is 30.7 Å². The molecule has 0 saturated carbocycles. The van der Waals surface area contributed by atoms with Gasteiger partial charge in [0.1, 0.15) is 12.3 Å². The number of thiophene rings is 2. The van der Waals surface area contributed by atoms with Gasteiger partial charge in [-0.15, -0.1) is 22.7 Å². The fourth-order valence-electron chi connectivity index (χ4n) is 5.54. The van der Waals surface area contributed by atoms with Gasteiger partial charge in [-0.1, -0.05) is 30.3 Å². The van der Waals surface area contributed by atoms with E-state index in [0.29, 0.717) is 22.3 Å². The fraction of sp³-hybridized carbons (Fsp3) is 0.444. The molecule has 6 rings (SSSR count). The third kappa shape index (κ3) is 4.90. The second-order valence-corrected chi connectivity index (χ2v) is 11.5. The molecule has 0 aliphatic carbocycles. The Kier molecular flexibility index (Phi) is 7.27. The number of piperidine rings is 3. The van der Waals surface area contributed by atoms with E-state index in [4.69, 9.17) is 9.47 Å². The normalized spacial score (nSPS) is 23.8. The Hall–Kier alpha value is -2.23. The molecule has 0 amide bonds. The number of hydrogen-bond acceptors (Lipinski definition) is 7. The smallest absolute Gasteiger partial charge is 0.349 e. The molecule has 2 bridgehead atoms. The average molecular weight is 515 g/mol. The standard InChI is InChI=1S/C27H32NO5S2/c29-19-21-6-1-2-7-22(21)32-15-5-12-28-13-10-20(11-14-28)23(18-28)33-26(30)27(31,24-8-3-16-34-24)25-9-4-17-35-25/h1-4,6-9,16-17,20,23,29,31H,5,10-15,18-19H2/q+1. The number of rotatable bonds is 10. The number of quaternary nitrogens is 1. The lowest BCUT2D eigenvalue weighted by Gasteiger charge is -2.52. The molecule has 1 unspecified atom stereocenters. The first-order valence-corrected chi connectivity index (χ1v) is 14.0. The van der Waals surface area contributed by atoms with Gasteiger partial charge in [-0.25, -0.2) is 4.79 Å². The zero-order valence-corrected chi connectivity index (χ0v) is 21.3. The molecule has 8 heteroatoms. The molecule has 3 aromatic rings. The highest BCUT2D eigenvalue weighted by molar-refractivity contribution is 7.12. The molecule has 3 aliphatic rings. The van der Waals surface area contributed by atoms with Crippen LogP contribution in [0.5, 0.6) is 5.75 Å². The number of carbonyl (C=O) groups excluding carboxylic acids is 1. The zero-order valence-electron chi connectivity index (χ0n) is 19.7. The molecule has 3 fully saturated rings. The fourth-order valence-corrected chi connectivity index (χ4v) is 7.25. The maximum absolute atomic E-state index is 13.5. The van der Waals surface area contributed by atoms with Crippen molar-refractivity contribution in [3.63, 3.8) is 0 Å². The Labute approximate surface area is 214 Å². The summed E-state index contributed by atoms with van der Waals surface area (Å²) in [6, 6.07) is 14.9. The predicted octanol–water partition coefficient (Wildman–Crippen LogP) is 4.16. The van der Waals surface area contributed by atoms with Crippen LogP contribution in [0.15, 0.2) is 59.3 Å². The minimum atomic E-state index is -1.76. The van der Waals surface area contributed by atoms with Gasteiger partial charge in [-0.2, -0.15) is 0 Å². The number of carbonyl (C=O) groups is 1. The first-order valence-electron chi connectivity index (χ1n) is 12.2. The van der Waals surface area contributed by atoms with Crippen molar-refractivity contribution in [3.8, 4) is 5.75 Å². The van der Waals surface area contributed by atoms with Crippen molar-refractivity contribution in [2.75, 3.05) is 32.8 Å². The Balaban J connectivity index is 1.23. The monoisotopic (exact) mass is 514 g/mol. The van der Waals surface area contributed by atoms with Crippen LogP contribution in [-0.4, -0.2) is 59.6 Å². The number of benzene rings is 1. The molecule has 6 nitrogen and oxygen atoms in total. The van der Waals surface area contributed by atoms with E-state index in [0.717, 1.165) is 61.2 Å². The van der Waals surface area contributed by atoms with Crippen LogP contribution in [0.4, 0.5) is 0 Å². The molecular formula is C27H32NO5S2+. The van der Waals surface area contributed by atoms with E-state index in [1.54, 1.807) is 12.1 Å². The van der Waals surface area contributed by atoms with Crippen LogP contribution in [0.3, 0.4) is 0 Å². The van der Waals surface area contributed by atoms with Gasteiger partial charge in [0.05, 0.1) is 42.6 Å². The van der Waals surface area contributed by atoms with Crippen LogP contribution in [0.2, 0.25) is 0 Å². The van der Waals surface area contributed by atoms with Gasteiger partial charge >= 0.3 is 5.97 Å². The summed E-state index contributed by atoms with van der Waals surface area (Å²) in [7, 11) is 0. The number of fused-ring (bicyclic) bond motifs is 3. The SMILES string of the molecule is O=C(OC1C[N+]2(CCCOc3ccccc3CO)CCC1CC2)C(O)(c1cccs1)c1cccs1. The van der Waals surface area contributed by atoms with Crippen LogP contribution in [-0.2, 0) is 21.7 Å². The topological polar surface area (TPSA) is 76.0 Å². The summed E-state index contributed by atoms with van der Waals surface area (Å²) in [4.78, 5) is 14.7. The number of esters is 1. The molecule has 3 saturated heterocycles. The number of aliphatic hydroxyl groups excluding tert-OH is 1. The summed E-state index contributed by atoms with van der Waals surface area (Å²) in [5, 5.41) is 24.8. The third-order valence-electron chi connectivity index (χ3n) is 7.53. The summed E-state index contributed by atoms with van der Waals surface area (Å²) in [5.74, 6) is 0.520. The van der Waals surface area contributed by atoms with Gasteiger partial charge in [0.2, 0.25) is 5.60 Å². The van der Waals surface area contributed by atoms with Crippen molar-refractivity contribution in [2.45, 2.75) is 37.6 Å². The van der Waals surface area contributed by atoms with Crippen LogP contribution in [0.1, 0.15) is 34.6 Å². The van der Waals surface area contributed by atoms with Crippen LogP contribution >= 0.6 is 22.7 Å². The summed E-state index contributed by atoms with van der Waals surface area (Å²) in [5.41, 5.74) is -0.957. The van der Waals surface area contributed by atoms with Gasteiger partial charge in [0.15, 0.2) is 6.10 Å². The second kappa shape index (κ2) is 10.4. The molecule has 3 aliphatic heterocycles. The van der Waals surface area contributed by atoms with E-state index in [-0.39, 0.29) is 12.7 Å². The van der Waals surface area contributed by atoms with Crippen LogP contribution in [0, 0.1) is 5.92 Å². The number of aliphatic hydroxyl groups is 2. The van der Waals surface area contributed by atoms with Gasteiger partial charge in [0.25, 0.3) is 0 Å². The van der Waals surface area contributed by atoms with Crippen molar-refractivity contribution >= 4 is 28.6 Å². The molecular weight excluding hydrogens is 482 g/mol.